The third kappa shape index (κ3) is 12.4. The maximum absolute atomic E-state index is 4.54. The lowest BCUT2D eigenvalue weighted by Gasteiger charge is -2.12. The summed E-state index contributed by atoms with van der Waals surface area (Å²) in [7, 11) is 0. The minimum absolute atomic E-state index is 1.11. The monoisotopic (exact) mass is 1680 g/mol. The van der Waals surface area contributed by atoms with Crippen molar-refractivity contribution in [3.8, 4) is 78.6 Å². The maximum atomic E-state index is 4.54. The highest BCUT2D eigenvalue weighted by Gasteiger charge is 2.23. The van der Waals surface area contributed by atoms with Gasteiger partial charge in [-0.3, -0.25) is 15.0 Å². The van der Waals surface area contributed by atoms with Gasteiger partial charge in [-0.05, 0) is 236 Å². The van der Waals surface area contributed by atoms with Gasteiger partial charge in [0.05, 0.1) is 96.2 Å². The van der Waals surface area contributed by atoms with Crippen LogP contribution in [0.4, 0.5) is 0 Å². The van der Waals surface area contributed by atoms with Crippen molar-refractivity contribution in [1.82, 2.24) is 42.4 Å². The van der Waals surface area contributed by atoms with E-state index in [0.29, 0.717) is 0 Å². The van der Waals surface area contributed by atoms with Crippen LogP contribution < -0.4 is 0 Å². The fourth-order valence-corrected chi connectivity index (χ4v) is 21.0. The minimum atomic E-state index is 1.11. The van der Waals surface area contributed by atoms with Gasteiger partial charge >= 0.3 is 0 Å². The zero-order valence-electron chi connectivity index (χ0n) is 71.6. The number of hydrogen-bond donors (Lipinski definition) is 0. The van der Waals surface area contributed by atoms with E-state index in [1.807, 2.05) is 37.2 Å². The number of para-hydroxylation sites is 5. The van der Waals surface area contributed by atoms with E-state index in [0.717, 1.165) is 27.9 Å². The molecular formula is C123H79N9. The Labute approximate surface area is 759 Å². The van der Waals surface area contributed by atoms with Gasteiger partial charge in [0, 0.05) is 117 Å². The Kier molecular flexibility index (Phi) is 17.8. The Morgan fingerprint density at radius 1 is 0.129 bits per heavy atom. The third-order valence-electron chi connectivity index (χ3n) is 27.0. The van der Waals surface area contributed by atoms with Crippen molar-refractivity contribution in [1.29, 1.82) is 0 Å². The van der Waals surface area contributed by atoms with Crippen LogP contribution >= 0.6 is 0 Å². The van der Waals surface area contributed by atoms with E-state index in [9.17, 15) is 0 Å². The molecule has 0 bridgehead atoms. The van der Waals surface area contributed by atoms with Crippen molar-refractivity contribution in [2.75, 3.05) is 0 Å². The highest BCUT2D eigenvalue weighted by atomic mass is 15.0. The second-order valence-corrected chi connectivity index (χ2v) is 34.2. The molecule has 0 spiro atoms. The number of hydrogen-bond acceptors (Lipinski definition) is 3. The van der Waals surface area contributed by atoms with Crippen LogP contribution in [0.25, 0.3) is 242 Å². The van der Waals surface area contributed by atoms with Gasteiger partial charge < -0.3 is 27.4 Å². The summed E-state index contributed by atoms with van der Waals surface area (Å²) >= 11 is 0. The summed E-state index contributed by atoms with van der Waals surface area (Å²) in [4.78, 5) is 13.6. The fraction of sp³-hybridized carbons (Fsp3) is 0. The van der Waals surface area contributed by atoms with E-state index in [1.165, 1.54) is 214 Å². The van der Waals surface area contributed by atoms with Crippen LogP contribution in [0, 0.1) is 0 Å². The van der Waals surface area contributed by atoms with Gasteiger partial charge in [-0.2, -0.15) is 0 Å². The highest BCUT2D eigenvalue weighted by molar-refractivity contribution is 6.18. The van der Waals surface area contributed by atoms with E-state index in [4.69, 9.17) is 0 Å². The smallest absolute Gasteiger partial charge is 0.0724 e. The number of benzene rings is 19. The molecule has 0 aliphatic carbocycles. The van der Waals surface area contributed by atoms with Crippen LogP contribution in [0.15, 0.2) is 480 Å². The second-order valence-electron chi connectivity index (χ2n) is 34.2. The number of nitrogens with zero attached hydrogens (tertiary/aromatic N) is 9. The topological polar surface area (TPSA) is 68.2 Å². The Balaban J connectivity index is 0.000000104. The Morgan fingerprint density at radius 2 is 0.394 bits per heavy atom. The summed E-state index contributed by atoms with van der Waals surface area (Å²) in [5, 5.41) is 22.2. The van der Waals surface area contributed by atoms with Gasteiger partial charge in [-0.15, -0.1) is 0 Å². The van der Waals surface area contributed by atoms with Gasteiger partial charge in [0.2, 0.25) is 0 Å². The van der Waals surface area contributed by atoms with Crippen molar-refractivity contribution >= 4 is 163 Å². The first kappa shape index (κ1) is 75.5. The Hall–Kier alpha value is -17.8. The average molecular weight is 1680 g/mol. The zero-order chi connectivity index (χ0) is 86.9. The van der Waals surface area contributed by atoms with Crippen LogP contribution in [0.3, 0.4) is 0 Å². The van der Waals surface area contributed by atoms with Crippen LogP contribution in [-0.2, 0) is 0 Å². The van der Waals surface area contributed by atoms with Crippen molar-refractivity contribution in [3.05, 3.63) is 480 Å². The number of aromatic nitrogens is 9. The van der Waals surface area contributed by atoms with Crippen LogP contribution in [-0.4, -0.2) is 42.4 Å². The number of pyridine rings is 3. The van der Waals surface area contributed by atoms with E-state index >= 15 is 0 Å². The van der Waals surface area contributed by atoms with Gasteiger partial charge in [-0.1, -0.05) is 273 Å². The van der Waals surface area contributed by atoms with Gasteiger partial charge in [0.15, 0.2) is 0 Å². The summed E-state index contributed by atoms with van der Waals surface area (Å²) in [5.41, 5.74) is 30.8. The molecule has 0 aliphatic rings. The number of rotatable bonds is 10. The van der Waals surface area contributed by atoms with Crippen molar-refractivity contribution < 1.29 is 0 Å². The molecule has 0 saturated heterocycles. The summed E-state index contributed by atoms with van der Waals surface area (Å²) in [6.07, 6.45) is 11.6. The molecule has 0 radical (unpaired) electrons. The first-order valence-corrected chi connectivity index (χ1v) is 45.0. The second kappa shape index (κ2) is 31.1. The third-order valence-corrected chi connectivity index (χ3v) is 27.0. The molecule has 28 aromatic rings. The average Bonchev–Trinajstić information content (AvgIpc) is 1.56. The predicted molar refractivity (Wildman–Crippen MR) is 553 cm³/mol. The lowest BCUT2D eigenvalue weighted by molar-refractivity contribution is 1.17. The van der Waals surface area contributed by atoms with Crippen LogP contribution in [0.2, 0.25) is 0 Å². The summed E-state index contributed by atoms with van der Waals surface area (Å²) in [6, 6.07) is 160. The summed E-state index contributed by atoms with van der Waals surface area (Å²) in [5.74, 6) is 0. The van der Waals surface area contributed by atoms with E-state index < -0.39 is 0 Å². The van der Waals surface area contributed by atoms with Gasteiger partial charge in [-0.25, -0.2) is 0 Å². The molecule has 9 heterocycles. The van der Waals surface area contributed by atoms with E-state index in [2.05, 4.69) is 485 Å². The lowest BCUT2D eigenvalue weighted by atomic mass is 10.0. The largest absolute Gasteiger partial charge is 0.309 e. The quantitative estimate of drug-likeness (QED) is 0.137. The molecule has 0 aliphatic heterocycles. The minimum Gasteiger partial charge on any atom is -0.309 e. The van der Waals surface area contributed by atoms with Gasteiger partial charge in [0.25, 0.3) is 0 Å². The molecule has 0 saturated carbocycles. The van der Waals surface area contributed by atoms with Gasteiger partial charge in [0.1, 0.15) is 0 Å². The van der Waals surface area contributed by atoms with Crippen molar-refractivity contribution in [2.45, 2.75) is 0 Å². The normalized spacial score (nSPS) is 11.8. The first-order chi connectivity index (χ1) is 65.5. The molecule has 9 nitrogen and oxygen atoms in total. The fourth-order valence-electron chi connectivity index (χ4n) is 21.0. The molecule has 9 heteroatoms. The first-order valence-electron chi connectivity index (χ1n) is 45.0. The summed E-state index contributed by atoms with van der Waals surface area (Å²) in [6.45, 7) is 0. The molecule has 28 rings (SSSR count). The van der Waals surface area contributed by atoms with Crippen LogP contribution in [0.1, 0.15) is 0 Å². The molecule has 0 fully saturated rings. The zero-order valence-corrected chi connectivity index (χ0v) is 71.6. The SMILES string of the molecule is c1ccc(-c2cccc(-n3c4ccccc4c4cc(-c5ccc6c(c5)c5ccncc5n6-c5cccc6ccccc56)ccc43)c2)cc1.c1ccc(-n2c3ccccc3c3cc(-c4ccc5c(c4)c4ccncc4n5-c4ccc5ccccc5c4)ccc32)cc1.c1ccc(-n2c3ccccc3c3cc(-c4ccc5c(c4)c4ccncc4n5-c4cccc5ccccc45)ccc32)cc1. The molecular weight excluding hydrogens is 1600 g/mol. The molecule has 0 N–H and O–H groups in total. The molecule has 0 amide bonds. The van der Waals surface area contributed by atoms with Crippen molar-refractivity contribution in [2.24, 2.45) is 0 Å². The highest BCUT2D eigenvalue weighted by Crippen LogP contribution is 2.45. The molecule has 0 atom stereocenters. The Bertz CT molecular complexity index is 9480. The Morgan fingerprint density at radius 3 is 0.803 bits per heavy atom. The standard InChI is InChI=1S/C45H29N3.2C39H25N3/c1-2-10-30(11-3-1)32-14-8-15-35(26-32)47-42-18-7-6-17-37(42)39-27-33(20-22-43(39)47)34-21-23-44-40(28-34)38-24-25-46-29-45(38)48(44)41-19-9-13-31-12-4-5-16-36(31)41;1-2-11-29(12-3-1)41-36-15-7-6-14-31(36)33-23-27(17-19-37(33)41)28-18-20-38-34(24-28)32-21-22-40-25-39(32)42(38)35-16-8-10-26-9-4-5-13-30(26)35;1-2-10-30(11-3-1)41-36-13-7-6-12-32(36)34-23-28(15-18-37(34)41)29-16-19-38-35(24-29)33-20-21-40-25-39(33)42(38)31-17-14-26-8-4-5-9-27(26)22-31/h1-29H;2*1-25H. The summed E-state index contributed by atoms with van der Waals surface area (Å²) < 4.78 is 14.2. The van der Waals surface area contributed by atoms with E-state index in [1.54, 1.807) is 0 Å². The van der Waals surface area contributed by atoms with Crippen LogP contribution in [0.5, 0.6) is 0 Å². The number of fused-ring (bicyclic) bond motifs is 21. The van der Waals surface area contributed by atoms with Crippen molar-refractivity contribution in [3.63, 3.8) is 0 Å². The maximum Gasteiger partial charge on any atom is 0.0724 e. The molecule has 616 valence electrons. The predicted octanol–water partition coefficient (Wildman–Crippen LogP) is 32.0. The molecule has 9 aromatic heterocycles. The molecule has 0 unspecified atom stereocenters. The molecule has 132 heavy (non-hydrogen) atoms. The molecule has 19 aromatic carbocycles. The van der Waals surface area contributed by atoms with E-state index in [-0.39, 0.29) is 0 Å². The lowest BCUT2D eigenvalue weighted by Crippen LogP contribution is -1.95.